The highest BCUT2D eigenvalue weighted by Gasteiger charge is 2.18. The molecule has 16 heavy (non-hydrogen) atoms. The lowest BCUT2D eigenvalue weighted by Gasteiger charge is -1.97. The molecule has 0 aliphatic heterocycles. The van der Waals surface area contributed by atoms with Crippen LogP contribution in [0.1, 0.15) is 20.7 Å². The predicted molar refractivity (Wildman–Crippen MR) is 58.4 cm³/mol. The molecule has 0 radical (unpaired) electrons. The maximum Gasteiger partial charge on any atom is 0.340 e. The third-order valence-electron chi connectivity index (χ3n) is 2.09. The molecule has 2 aromatic heterocycles. The second-order valence-electron chi connectivity index (χ2n) is 3.08. The first-order valence-corrected chi connectivity index (χ1v) is 5.01. The normalized spacial score (nSPS) is 10.6. The monoisotopic (exact) mass is 283 g/mol. The van der Waals surface area contributed by atoms with Gasteiger partial charge in [0.15, 0.2) is 0 Å². The van der Waals surface area contributed by atoms with Gasteiger partial charge >= 0.3 is 5.97 Å². The first kappa shape index (κ1) is 10.6. The largest absolute Gasteiger partial charge is 0.478 e. The lowest BCUT2D eigenvalue weighted by molar-refractivity contribution is 0.0697. The van der Waals surface area contributed by atoms with Gasteiger partial charge in [0.25, 0.3) is 0 Å². The molecular formula is C9H6BrN3O3. The molecule has 0 unspecified atom stereocenters. The number of carbonyl (C=O) groups excluding carboxylic acids is 1. The summed E-state index contributed by atoms with van der Waals surface area (Å²) in [4.78, 5) is 21.9. The summed E-state index contributed by atoms with van der Waals surface area (Å²) in [5.74, 6) is -1.74. The first-order chi connectivity index (χ1) is 7.50. The number of aromatic nitrogens is 2. The molecule has 0 saturated heterocycles. The van der Waals surface area contributed by atoms with Crippen molar-refractivity contribution in [2.45, 2.75) is 0 Å². The lowest BCUT2D eigenvalue weighted by atomic mass is 10.2. The van der Waals surface area contributed by atoms with Crippen LogP contribution in [0.15, 0.2) is 22.9 Å². The summed E-state index contributed by atoms with van der Waals surface area (Å²) in [6.07, 6.45) is 1.48. The van der Waals surface area contributed by atoms with Crippen molar-refractivity contribution in [1.82, 2.24) is 9.61 Å². The molecule has 1 amide bonds. The quantitative estimate of drug-likeness (QED) is 0.855. The Kier molecular flexibility index (Phi) is 2.39. The van der Waals surface area contributed by atoms with E-state index >= 15 is 0 Å². The fraction of sp³-hybridized carbons (Fsp3) is 0. The molecule has 0 aliphatic carbocycles. The van der Waals surface area contributed by atoms with Gasteiger partial charge in [0.1, 0.15) is 10.2 Å². The van der Waals surface area contributed by atoms with E-state index in [1.54, 1.807) is 0 Å². The van der Waals surface area contributed by atoms with Crippen molar-refractivity contribution in [2.75, 3.05) is 0 Å². The number of aromatic carboxylic acids is 1. The molecule has 0 spiro atoms. The molecule has 0 bridgehead atoms. The molecule has 3 N–H and O–H groups in total. The van der Waals surface area contributed by atoms with Crippen LogP contribution in [0.5, 0.6) is 0 Å². The number of nitrogens with zero attached hydrogens (tertiary/aromatic N) is 2. The van der Waals surface area contributed by atoms with Crippen molar-refractivity contribution >= 4 is 33.3 Å². The second-order valence-corrected chi connectivity index (χ2v) is 3.83. The number of fused-ring (bicyclic) bond motifs is 1. The topological polar surface area (TPSA) is 97.7 Å². The molecule has 6 nitrogen and oxygen atoms in total. The number of rotatable bonds is 2. The van der Waals surface area contributed by atoms with E-state index in [4.69, 9.17) is 10.8 Å². The number of nitrogens with two attached hydrogens (primary N) is 1. The predicted octanol–water partition coefficient (Wildman–Crippen LogP) is 0.894. The van der Waals surface area contributed by atoms with Crippen LogP contribution in [0.25, 0.3) is 5.52 Å². The number of pyridine rings is 1. The number of halogens is 1. The molecule has 0 aromatic carbocycles. The fourth-order valence-corrected chi connectivity index (χ4v) is 1.91. The Balaban J connectivity index is 2.79. The van der Waals surface area contributed by atoms with E-state index < -0.39 is 11.9 Å². The minimum atomic E-state index is -1.12. The molecule has 2 aromatic rings. The number of hydrogen-bond acceptors (Lipinski definition) is 3. The van der Waals surface area contributed by atoms with Gasteiger partial charge in [0.05, 0.1) is 5.52 Å². The van der Waals surface area contributed by atoms with Gasteiger partial charge in [0.2, 0.25) is 5.91 Å². The standard InChI is InChI=1S/C9H6BrN3O3/c10-7-6(9(15)16)5-3-4(8(11)14)1-2-13(5)12-7/h1-3H,(H2,11,14)(H,15,16). The highest BCUT2D eigenvalue weighted by molar-refractivity contribution is 9.10. The summed E-state index contributed by atoms with van der Waals surface area (Å²) in [6, 6.07) is 2.87. The van der Waals surface area contributed by atoms with Gasteiger partial charge in [-0.3, -0.25) is 4.79 Å². The Morgan fingerprint density at radius 1 is 1.50 bits per heavy atom. The highest BCUT2D eigenvalue weighted by atomic mass is 79.9. The number of carbonyl (C=O) groups is 2. The molecule has 0 atom stereocenters. The maximum atomic E-state index is 11.0. The molecule has 0 saturated carbocycles. The second kappa shape index (κ2) is 3.60. The number of carboxylic acids is 1. The third kappa shape index (κ3) is 1.54. The molecule has 2 rings (SSSR count). The fourth-order valence-electron chi connectivity index (χ4n) is 1.37. The Morgan fingerprint density at radius 3 is 2.75 bits per heavy atom. The smallest absolute Gasteiger partial charge is 0.340 e. The summed E-state index contributed by atoms with van der Waals surface area (Å²) in [5, 5.41) is 12.9. The number of primary amides is 1. The van der Waals surface area contributed by atoms with E-state index in [9.17, 15) is 9.59 Å². The van der Waals surface area contributed by atoms with Gasteiger partial charge in [-0.2, -0.15) is 5.10 Å². The van der Waals surface area contributed by atoms with Crippen molar-refractivity contribution in [3.63, 3.8) is 0 Å². The van der Waals surface area contributed by atoms with Gasteiger partial charge in [0, 0.05) is 11.8 Å². The molecular weight excluding hydrogens is 278 g/mol. The first-order valence-electron chi connectivity index (χ1n) is 4.21. The van der Waals surface area contributed by atoms with Crippen molar-refractivity contribution in [3.8, 4) is 0 Å². The van der Waals surface area contributed by atoms with Crippen LogP contribution >= 0.6 is 15.9 Å². The average Bonchev–Trinajstić information content (AvgIpc) is 2.51. The zero-order chi connectivity index (χ0) is 11.9. The van der Waals surface area contributed by atoms with Crippen LogP contribution in [-0.4, -0.2) is 26.6 Å². The molecule has 2 heterocycles. The minimum Gasteiger partial charge on any atom is -0.478 e. The zero-order valence-electron chi connectivity index (χ0n) is 7.85. The highest BCUT2D eigenvalue weighted by Crippen LogP contribution is 2.21. The van der Waals surface area contributed by atoms with E-state index in [0.29, 0.717) is 5.52 Å². The van der Waals surface area contributed by atoms with Crippen molar-refractivity contribution < 1.29 is 14.7 Å². The van der Waals surface area contributed by atoms with Crippen molar-refractivity contribution in [3.05, 3.63) is 34.1 Å². The van der Waals surface area contributed by atoms with Gasteiger partial charge in [-0.05, 0) is 28.1 Å². The Bertz CT molecular complexity index is 605. The van der Waals surface area contributed by atoms with Crippen molar-refractivity contribution in [2.24, 2.45) is 5.73 Å². The Morgan fingerprint density at radius 2 is 2.19 bits per heavy atom. The number of carboxylic acid groups (broad SMARTS) is 1. The molecule has 82 valence electrons. The summed E-state index contributed by atoms with van der Waals surface area (Å²) in [6.45, 7) is 0. The minimum absolute atomic E-state index is 0.00287. The summed E-state index contributed by atoms with van der Waals surface area (Å²) >= 11 is 3.04. The SMILES string of the molecule is NC(=O)c1ccn2nc(Br)c(C(=O)O)c2c1. The van der Waals surface area contributed by atoms with Gasteiger partial charge < -0.3 is 10.8 Å². The number of hydrogen-bond donors (Lipinski definition) is 2. The molecule has 0 fully saturated rings. The number of amides is 1. The summed E-state index contributed by atoms with van der Waals surface area (Å²) < 4.78 is 1.57. The van der Waals surface area contributed by atoms with Gasteiger partial charge in [-0.15, -0.1) is 0 Å². The van der Waals surface area contributed by atoms with Crippen LogP contribution in [0.2, 0.25) is 0 Å². The van der Waals surface area contributed by atoms with E-state index in [1.807, 2.05) is 0 Å². The third-order valence-corrected chi connectivity index (χ3v) is 2.65. The van der Waals surface area contributed by atoms with Gasteiger partial charge in [-0.25, -0.2) is 9.31 Å². The van der Waals surface area contributed by atoms with Crippen LogP contribution in [-0.2, 0) is 0 Å². The van der Waals surface area contributed by atoms with E-state index in [0.717, 1.165) is 0 Å². The van der Waals surface area contributed by atoms with E-state index in [-0.39, 0.29) is 15.7 Å². The summed E-state index contributed by atoms with van der Waals surface area (Å²) in [7, 11) is 0. The van der Waals surface area contributed by atoms with Crippen LogP contribution in [0.3, 0.4) is 0 Å². The summed E-state index contributed by atoms with van der Waals surface area (Å²) in [5.41, 5.74) is 5.67. The van der Waals surface area contributed by atoms with Crippen LogP contribution in [0, 0.1) is 0 Å². The van der Waals surface area contributed by atoms with Crippen molar-refractivity contribution in [1.29, 1.82) is 0 Å². The van der Waals surface area contributed by atoms with Crippen LogP contribution in [0.4, 0.5) is 0 Å². The molecule has 7 heteroatoms. The average molecular weight is 284 g/mol. The van der Waals surface area contributed by atoms with E-state index in [2.05, 4.69) is 21.0 Å². The Labute approximate surface area is 97.8 Å². The zero-order valence-corrected chi connectivity index (χ0v) is 9.43. The maximum absolute atomic E-state index is 11.0. The van der Waals surface area contributed by atoms with E-state index in [1.165, 1.54) is 22.8 Å². The van der Waals surface area contributed by atoms with Gasteiger partial charge in [-0.1, -0.05) is 0 Å². The Hall–Kier alpha value is -1.89. The molecule has 0 aliphatic rings. The lowest BCUT2D eigenvalue weighted by Crippen LogP contribution is -2.11. The van der Waals surface area contributed by atoms with Crippen LogP contribution < -0.4 is 5.73 Å².